The molecule has 0 aliphatic carbocycles. The van der Waals surface area contributed by atoms with Crippen molar-refractivity contribution in [3.05, 3.63) is 40.7 Å². The third kappa shape index (κ3) is 3.58. The number of thiazole rings is 1. The number of aromatic nitrogens is 2. The van der Waals surface area contributed by atoms with Gasteiger partial charge in [0.15, 0.2) is 5.13 Å². The van der Waals surface area contributed by atoms with Crippen LogP contribution < -0.4 is 4.90 Å². The van der Waals surface area contributed by atoms with Gasteiger partial charge in [-0.15, -0.1) is 0 Å². The molecule has 21 heavy (non-hydrogen) atoms. The largest absolute Gasteiger partial charge is 0.477 e. The molecule has 0 bridgehead atoms. The minimum absolute atomic E-state index is 0.143. The molecule has 0 amide bonds. The zero-order valence-electron chi connectivity index (χ0n) is 12.4. The highest BCUT2D eigenvalue weighted by atomic mass is 32.1. The Morgan fingerprint density at radius 3 is 2.81 bits per heavy atom. The van der Waals surface area contributed by atoms with E-state index in [2.05, 4.69) is 9.97 Å². The van der Waals surface area contributed by atoms with Crippen molar-refractivity contribution >= 4 is 22.4 Å². The second-order valence-corrected chi connectivity index (χ2v) is 5.98. The van der Waals surface area contributed by atoms with E-state index in [-0.39, 0.29) is 5.92 Å². The topological polar surface area (TPSA) is 66.3 Å². The third-order valence-corrected chi connectivity index (χ3v) is 4.54. The summed E-state index contributed by atoms with van der Waals surface area (Å²) in [5.41, 5.74) is 1.61. The summed E-state index contributed by atoms with van der Waals surface area (Å²) in [7, 11) is 1.90. The van der Waals surface area contributed by atoms with Crippen LogP contribution in [0.4, 0.5) is 5.13 Å². The van der Waals surface area contributed by atoms with Crippen molar-refractivity contribution in [1.29, 1.82) is 0 Å². The maximum Gasteiger partial charge on any atom is 0.347 e. The summed E-state index contributed by atoms with van der Waals surface area (Å²) in [6, 6.07) is 5.75. The minimum atomic E-state index is -0.903. The quantitative estimate of drug-likeness (QED) is 0.886. The highest BCUT2D eigenvalue weighted by Gasteiger charge is 2.22. The first-order chi connectivity index (χ1) is 10.0. The third-order valence-electron chi connectivity index (χ3n) is 3.37. The second kappa shape index (κ2) is 6.67. The molecule has 5 nitrogen and oxygen atoms in total. The van der Waals surface area contributed by atoms with Crippen LogP contribution in [0.15, 0.2) is 24.4 Å². The number of hydrogen-bond acceptors (Lipinski definition) is 5. The number of carbonyl (C=O) groups is 1. The van der Waals surface area contributed by atoms with E-state index in [0.29, 0.717) is 22.2 Å². The summed E-state index contributed by atoms with van der Waals surface area (Å²) in [6.45, 7) is 4.64. The first-order valence-corrected chi connectivity index (χ1v) is 7.69. The normalized spacial score (nSPS) is 12.1. The van der Waals surface area contributed by atoms with E-state index in [0.717, 1.165) is 12.1 Å². The average molecular weight is 305 g/mol. The lowest BCUT2D eigenvalue weighted by atomic mass is 10.0. The minimum Gasteiger partial charge on any atom is -0.477 e. The van der Waals surface area contributed by atoms with Crippen LogP contribution in [-0.2, 0) is 6.54 Å². The van der Waals surface area contributed by atoms with Crippen molar-refractivity contribution in [3.8, 4) is 0 Å². The standard InChI is InChI=1S/C15H19N3O2S/c1-4-10(2)12-13(14(19)20)21-15(17-12)18(3)9-11-7-5-6-8-16-11/h5-8,10H,4,9H2,1-3H3,(H,19,20). The fourth-order valence-corrected chi connectivity index (χ4v) is 2.95. The van der Waals surface area contributed by atoms with Gasteiger partial charge in [0.05, 0.1) is 17.9 Å². The van der Waals surface area contributed by atoms with Crippen LogP contribution in [0.3, 0.4) is 0 Å². The SMILES string of the molecule is CCC(C)c1nc(N(C)Cc2ccccn2)sc1C(=O)O. The van der Waals surface area contributed by atoms with Gasteiger partial charge in [-0.25, -0.2) is 9.78 Å². The fourth-order valence-electron chi connectivity index (χ4n) is 1.97. The van der Waals surface area contributed by atoms with E-state index < -0.39 is 5.97 Å². The second-order valence-electron chi connectivity index (χ2n) is 5.00. The molecule has 1 unspecified atom stereocenters. The van der Waals surface area contributed by atoms with Gasteiger partial charge < -0.3 is 10.0 Å². The summed E-state index contributed by atoms with van der Waals surface area (Å²) in [5, 5.41) is 10.1. The highest BCUT2D eigenvalue weighted by Crippen LogP contribution is 2.32. The lowest BCUT2D eigenvalue weighted by Gasteiger charge is -2.14. The summed E-state index contributed by atoms with van der Waals surface area (Å²) >= 11 is 1.23. The number of rotatable bonds is 6. The zero-order chi connectivity index (χ0) is 15.4. The molecular formula is C15H19N3O2S. The van der Waals surface area contributed by atoms with Crippen molar-refractivity contribution in [2.45, 2.75) is 32.7 Å². The Morgan fingerprint density at radius 2 is 2.24 bits per heavy atom. The number of carboxylic acids is 1. The first kappa shape index (κ1) is 15.4. The molecule has 0 aliphatic rings. The summed E-state index contributed by atoms with van der Waals surface area (Å²) in [6.07, 6.45) is 2.62. The van der Waals surface area contributed by atoms with E-state index in [9.17, 15) is 9.90 Å². The Labute approximate surface area is 128 Å². The van der Waals surface area contributed by atoms with Crippen molar-refractivity contribution < 1.29 is 9.90 Å². The Balaban J connectivity index is 2.25. The Bertz CT molecular complexity index is 613. The fraction of sp³-hybridized carbons (Fsp3) is 0.400. The van der Waals surface area contributed by atoms with Gasteiger partial charge in [-0.1, -0.05) is 31.3 Å². The van der Waals surface area contributed by atoms with Crippen molar-refractivity contribution in [2.75, 3.05) is 11.9 Å². The Kier molecular flexibility index (Phi) is 4.90. The van der Waals surface area contributed by atoms with Crippen molar-refractivity contribution in [1.82, 2.24) is 9.97 Å². The number of hydrogen-bond donors (Lipinski definition) is 1. The molecule has 0 fully saturated rings. The van der Waals surface area contributed by atoms with E-state index >= 15 is 0 Å². The van der Waals surface area contributed by atoms with E-state index in [4.69, 9.17) is 0 Å². The van der Waals surface area contributed by atoms with E-state index in [1.807, 2.05) is 44.0 Å². The van der Waals surface area contributed by atoms with Crippen LogP contribution in [0.5, 0.6) is 0 Å². The average Bonchev–Trinajstić information content (AvgIpc) is 2.93. The number of carboxylic acid groups (broad SMARTS) is 1. The lowest BCUT2D eigenvalue weighted by Crippen LogP contribution is -2.17. The summed E-state index contributed by atoms with van der Waals surface area (Å²) in [5.74, 6) is -0.760. The van der Waals surface area contributed by atoms with Crippen LogP contribution >= 0.6 is 11.3 Å². The van der Waals surface area contributed by atoms with Crippen molar-refractivity contribution in [2.24, 2.45) is 0 Å². The maximum absolute atomic E-state index is 11.4. The maximum atomic E-state index is 11.4. The monoisotopic (exact) mass is 305 g/mol. The smallest absolute Gasteiger partial charge is 0.347 e. The molecule has 0 aliphatic heterocycles. The Hall–Kier alpha value is -1.95. The van der Waals surface area contributed by atoms with Gasteiger partial charge in [0.25, 0.3) is 0 Å². The van der Waals surface area contributed by atoms with Crippen LogP contribution in [0.1, 0.15) is 47.2 Å². The molecule has 1 atom stereocenters. The highest BCUT2D eigenvalue weighted by molar-refractivity contribution is 7.17. The van der Waals surface area contributed by atoms with Gasteiger partial charge in [-0.2, -0.15) is 0 Å². The van der Waals surface area contributed by atoms with Crippen LogP contribution in [0.2, 0.25) is 0 Å². The molecule has 0 saturated carbocycles. The van der Waals surface area contributed by atoms with Crippen molar-refractivity contribution in [3.63, 3.8) is 0 Å². The summed E-state index contributed by atoms with van der Waals surface area (Å²) < 4.78 is 0. The molecule has 2 aromatic rings. The molecule has 2 aromatic heterocycles. The van der Waals surface area contributed by atoms with Crippen LogP contribution in [-0.4, -0.2) is 28.1 Å². The molecule has 6 heteroatoms. The number of aromatic carboxylic acids is 1. The van der Waals surface area contributed by atoms with Crippen LogP contribution in [0.25, 0.3) is 0 Å². The molecule has 2 rings (SSSR count). The molecule has 0 radical (unpaired) electrons. The molecular weight excluding hydrogens is 286 g/mol. The predicted molar refractivity (Wildman–Crippen MR) is 84.1 cm³/mol. The van der Waals surface area contributed by atoms with Gasteiger partial charge in [0.1, 0.15) is 4.88 Å². The zero-order valence-corrected chi connectivity index (χ0v) is 13.2. The van der Waals surface area contributed by atoms with Crippen LogP contribution in [0, 0.1) is 0 Å². The van der Waals surface area contributed by atoms with Gasteiger partial charge in [-0.3, -0.25) is 4.98 Å². The number of anilines is 1. The van der Waals surface area contributed by atoms with E-state index in [1.165, 1.54) is 11.3 Å². The molecule has 1 N–H and O–H groups in total. The van der Waals surface area contributed by atoms with E-state index in [1.54, 1.807) is 6.20 Å². The number of pyridine rings is 1. The Morgan fingerprint density at radius 1 is 1.48 bits per heavy atom. The first-order valence-electron chi connectivity index (χ1n) is 6.88. The predicted octanol–water partition coefficient (Wildman–Crippen LogP) is 3.39. The molecule has 0 spiro atoms. The molecule has 0 saturated heterocycles. The van der Waals surface area contributed by atoms with Gasteiger partial charge in [-0.05, 0) is 24.5 Å². The summed E-state index contributed by atoms with van der Waals surface area (Å²) in [4.78, 5) is 22.5. The van der Waals surface area contributed by atoms with Gasteiger partial charge >= 0.3 is 5.97 Å². The number of nitrogens with zero attached hydrogens (tertiary/aromatic N) is 3. The lowest BCUT2D eigenvalue weighted by molar-refractivity contribution is 0.0700. The molecule has 112 valence electrons. The molecule has 2 heterocycles. The van der Waals surface area contributed by atoms with Gasteiger partial charge in [0, 0.05) is 13.2 Å². The van der Waals surface area contributed by atoms with Gasteiger partial charge in [0.2, 0.25) is 0 Å². The molecule has 0 aromatic carbocycles.